The molecule has 0 aliphatic rings. The molecule has 106 valence electrons. The predicted octanol–water partition coefficient (Wildman–Crippen LogP) is 3.90. The highest BCUT2D eigenvalue weighted by molar-refractivity contribution is 7.98. The Labute approximate surface area is 126 Å². The summed E-state index contributed by atoms with van der Waals surface area (Å²) in [5.41, 5.74) is 6.96. The number of rotatable bonds is 4. The van der Waals surface area contributed by atoms with Crippen molar-refractivity contribution in [2.45, 2.75) is 17.6 Å². The van der Waals surface area contributed by atoms with Crippen LogP contribution < -0.4 is 5.73 Å². The highest BCUT2D eigenvalue weighted by Crippen LogP contribution is 2.31. The lowest BCUT2D eigenvalue weighted by Gasteiger charge is -2.04. The first kappa shape index (κ1) is 14.8. The van der Waals surface area contributed by atoms with Crippen molar-refractivity contribution < 1.29 is 13.9 Å². The van der Waals surface area contributed by atoms with E-state index < -0.39 is 5.97 Å². The lowest BCUT2D eigenvalue weighted by molar-refractivity contribution is 0.0599. The Morgan fingerprint density at radius 1 is 1.45 bits per heavy atom. The number of carbonyl (C=O) groups excluding carboxylic acids is 1. The minimum atomic E-state index is -0.395. The summed E-state index contributed by atoms with van der Waals surface area (Å²) < 4.78 is 10.2. The average molecular weight is 312 g/mol. The molecule has 0 radical (unpaired) electrons. The van der Waals surface area contributed by atoms with Crippen molar-refractivity contribution in [1.29, 1.82) is 0 Å². The van der Waals surface area contributed by atoms with Gasteiger partial charge in [-0.15, -0.1) is 11.8 Å². The second-order valence-corrected chi connectivity index (χ2v) is 5.60. The zero-order valence-corrected chi connectivity index (χ0v) is 12.7. The number of hydrogen-bond acceptors (Lipinski definition) is 5. The van der Waals surface area contributed by atoms with E-state index in [0.717, 1.165) is 4.90 Å². The Bertz CT molecular complexity index is 639. The van der Waals surface area contributed by atoms with Gasteiger partial charge in [-0.25, -0.2) is 4.79 Å². The Hall–Kier alpha value is -1.59. The molecule has 6 heteroatoms. The number of furan rings is 1. The van der Waals surface area contributed by atoms with Crippen LogP contribution in [-0.4, -0.2) is 13.1 Å². The van der Waals surface area contributed by atoms with Gasteiger partial charge in [-0.05, 0) is 31.2 Å². The third-order valence-electron chi connectivity index (χ3n) is 2.72. The first-order chi connectivity index (χ1) is 9.51. The molecule has 0 saturated heterocycles. The van der Waals surface area contributed by atoms with E-state index in [0.29, 0.717) is 33.5 Å². The van der Waals surface area contributed by atoms with E-state index in [4.69, 9.17) is 21.8 Å². The molecule has 2 aromatic rings. The van der Waals surface area contributed by atoms with E-state index in [2.05, 4.69) is 4.74 Å². The van der Waals surface area contributed by atoms with Crippen LogP contribution in [0.3, 0.4) is 0 Å². The third kappa shape index (κ3) is 3.29. The lowest BCUT2D eigenvalue weighted by atomic mass is 10.2. The number of anilines is 1. The van der Waals surface area contributed by atoms with E-state index in [1.165, 1.54) is 18.9 Å². The molecule has 0 unspecified atom stereocenters. The highest BCUT2D eigenvalue weighted by atomic mass is 35.5. The van der Waals surface area contributed by atoms with E-state index in [1.807, 2.05) is 6.07 Å². The maximum absolute atomic E-state index is 11.5. The van der Waals surface area contributed by atoms with Crippen LogP contribution in [0.15, 0.2) is 33.6 Å². The number of ether oxygens (including phenoxy) is 1. The van der Waals surface area contributed by atoms with E-state index in [9.17, 15) is 4.79 Å². The summed E-state index contributed by atoms with van der Waals surface area (Å²) in [5.74, 6) is 1.43. The first-order valence-electron chi connectivity index (χ1n) is 5.86. The zero-order chi connectivity index (χ0) is 14.7. The maximum atomic E-state index is 11.5. The van der Waals surface area contributed by atoms with Gasteiger partial charge < -0.3 is 14.9 Å². The van der Waals surface area contributed by atoms with Crippen LogP contribution in [0.4, 0.5) is 5.69 Å². The fraction of sp³-hybridized carbons (Fsp3) is 0.214. The number of thioether (sulfide) groups is 1. The third-order valence-corrected chi connectivity index (χ3v) is 4.06. The first-order valence-corrected chi connectivity index (χ1v) is 7.23. The number of methoxy groups -OCH3 is 1. The number of nitrogens with two attached hydrogens (primary N) is 1. The van der Waals surface area contributed by atoms with Gasteiger partial charge in [-0.2, -0.15) is 0 Å². The maximum Gasteiger partial charge on any atom is 0.341 e. The van der Waals surface area contributed by atoms with Crippen LogP contribution in [0, 0.1) is 6.92 Å². The fourth-order valence-electron chi connectivity index (χ4n) is 1.73. The van der Waals surface area contributed by atoms with Crippen molar-refractivity contribution in [2.75, 3.05) is 12.8 Å². The van der Waals surface area contributed by atoms with Gasteiger partial charge in [0.05, 0.1) is 12.9 Å². The fourth-order valence-corrected chi connectivity index (χ4v) is 2.74. The van der Waals surface area contributed by atoms with Crippen LogP contribution >= 0.6 is 23.4 Å². The monoisotopic (exact) mass is 311 g/mol. The number of aryl methyl sites for hydroxylation is 1. The molecule has 0 aliphatic heterocycles. The molecule has 2 N–H and O–H groups in total. The van der Waals surface area contributed by atoms with Crippen molar-refractivity contribution in [2.24, 2.45) is 0 Å². The van der Waals surface area contributed by atoms with Gasteiger partial charge in [-0.1, -0.05) is 11.6 Å². The van der Waals surface area contributed by atoms with Crippen molar-refractivity contribution in [3.63, 3.8) is 0 Å². The van der Waals surface area contributed by atoms with Gasteiger partial charge in [0, 0.05) is 15.6 Å². The quantitative estimate of drug-likeness (QED) is 0.527. The normalized spacial score (nSPS) is 10.6. The van der Waals surface area contributed by atoms with Gasteiger partial charge in [0.25, 0.3) is 0 Å². The van der Waals surface area contributed by atoms with Crippen molar-refractivity contribution >= 4 is 35.0 Å². The Balaban J connectivity index is 2.09. The van der Waals surface area contributed by atoms with Gasteiger partial charge in [0.2, 0.25) is 0 Å². The highest BCUT2D eigenvalue weighted by Gasteiger charge is 2.15. The number of benzene rings is 1. The van der Waals surface area contributed by atoms with Crippen LogP contribution in [0.25, 0.3) is 0 Å². The topological polar surface area (TPSA) is 65.5 Å². The lowest BCUT2D eigenvalue weighted by Crippen LogP contribution is -2.00. The van der Waals surface area contributed by atoms with E-state index >= 15 is 0 Å². The molecule has 0 bridgehead atoms. The summed E-state index contributed by atoms with van der Waals surface area (Å²) in [7, 11) is 1.34. The van der Waals surface area contributed by atoms with Crippen LogP contribution in [0.1, 0.15) is 21.9 Å². The van der Waals surface area contributed by atoms with Crippen molar-refractivity contribution in [3.8, 4) is 0 Å². The number of esters is 1. The summed E-state index contributed by atoms with van der Waals surface area (Å²) >= 11 is 7.37. The van der Waals surface area contributed by atoms with Crippen molar-refractivity contribution in [3.05, 3.63) is 46.4 Å². The molecule has 0 fully saturated rings. The van der Waals surface area contributed by atoms with Gasteiger partial charge in [0.15, 0.2) is 0 Å². The van der Waals surface area contributed by atoms with Gasteiger partial charge in [-0.3, -0.25) is 0 Å². The molecule has 0 aliphatic carbocycles. The predicted molar refractivity (Wildman–Crippen MR) is 80.2 cm³/mol. The molecular formula is C14H14ClNO3S. The molecule has 4 nitrogen and oxygen atoms in total. The summed E-state index contributed by atoms with van der Waals surface area (Å²) in [6, 6.07) is 7.05. The molecule has 20 heavy (non-hydrogen) atoms. The second-order valence-electron chi connectivity index (χ2n) is 4.14. The van der Waals surface area contributed by atoms with Crippen molar-refractivity contribution in [1.82, 2.24) is 0 Å². The molecule has 0 spiro atoms. The molecule has 0 amide bonds. The standard InChI is InChI=1S/C14H14ClNO3S/c1-8-11(14(17)18-2)6-10(19-8)7-20-13-4-3-9(15)5-12(13)16/h3-6H,7,16H2,1-2H3. The number of carbonyl (C=O) groups is 1. The smallest absolute Gasteiger partial charge is 0.341 e. The Kier molecular flexibility index (Phi) is 4.62. The minimum absolute atomic E-state index is 0.395. The second kappa shape index (κ2) is 6.24. The largest absolute Gasteiger partial charge is 0.465 e. The average Bonchev–Trinajstić information content (AvgIpc) is 2.78. The van der Waals surface area contributed by atoms with Crippen LogP contribution in [-0.2, 0) is 10.5 Å². The summed E-state index contributed by atoms with van der Waals surface area (Å²) in [5, 5.41) is 0.605. The zero-order valence-electron chi connectivity index (χ0n) is 11.1. The van der Waals surface area contributed by atoms with Crippen LogP contribution in [0.2, 0.25) is 5.02 Å². The SMILES string of the molecule is COC(=O)c1cc(CSc2ccc(Cl)cc2N)oc1C. The Morgan fingerprint density at radius 2 is 2.20 bits per heavy atom. The minimum Gasteiger partial charge on any atom is -0.465 e. The molecule has 0 atom stereocenters. The Morgan fingerprint density at radius 3 is 2.85 bits per heavy atom. The molecule has 2 rings (SSSR count). The van der Waals surface area contributed by atoms with Gasteiger partial charge >= 0.3 is 5.97 Å². The van der Waals surface area contributed by atoms with Crippen LogP contribution in [0.5, 0.6) is 0 Å². The summed E-state index contributed by atoms with van der Waals surface area (Å²) in [4.78, 5) is 12.4. The molecule has 1 aromatic carbocycles. The summed E-state index contributed by atoms with van der Waals surface area (Å²) in [6.07, 6.45) is 0. The van der Waals surface area contributed by atoms with E-state index in [-0.39, 0.29) is 0 Å². The number of nitrogen functional groups attached to an aromatic ring is 1. The molecular weight excluding hydrogens is 298 g/mol. The van der Waals surface area contributed by atoms with Gasteiger partial charge in [0.1, 0.15) is 17.1 Å². The molecule has 1 heterocycles. The summed E-state index contributed by atoms with van der Waals surface area (Å²) in [6.45, 7) is 1.73. The molecule has 1 aromatic heterocycles. The van der Waals surface area contributed by atoms with E-state index in [1.54, 1.807) is 25.1 Å². The molecule has 0 saturated carbocycles. The number of hydrogen-bond donors (Lipinski definition) is 1. The number of halogens is 1.